The highest BCUT2D eigenvalue weighted by atomic mass is 16.5. The minimum absolute atomic E-state index is 0.0671. The average molecular weight is 420 g/mol. The number of rotatable bonds is 2. The van der Waals surface area contributed by atoms with Gasteiger partial charge in [0.05, 0.1) is 12.1 Å². The Morgan fingerprint density at radius 2 is 1.97 bits per heavy atom. The number of carbonyl (C=O) groups is 1. The first-order valence-corrected chi connectivity index (χ1v) is 10.9. The van der Waals surface area contributed by atoms with Crippen molar-refractivity contribution in [3.63, 3.8) is 0 Å². The molecular weight excluding hydrogens is 396 g/mol. The largest absolute Gasteiger partial charge is 0.488 e. The Labute approximate surface area is 178 Å². The van der Waals surface area contributed by atoms with Crippen molar-refractivity contribution in [2.24, 2.45) is 7.05 Å². The van der Waals surface area contributed by atoms with Crippen molar-refractivity contribution in [1.82, 2.24) is 24.1 Å². The van der Waals surface area contributed by atoms with Gasteiger partial charge in [-0.25, -0.2) is 14.5 Å². The van der Waals surface area contributed by atoms with Gasteiger partial charge in [0.1, 0.15) is 6.61 Å². The van der Waals surface area contributed by atoms with Gasteiger partial charge >= 0.3 is 5.69 Å². The number of pyridine rings is 2. The van der Waals surface area contributed by atoms with Gasteiger partial charge in [0.25, 0.3) is 5.91 Å². The zero-order valence-electron chi connectivity index (χ0n) is 17.4. The standard InChI is InChI=1S/C22H24N6O3/c1-25-22(30)27-8-7-17(12-19(27)24-25)26-9-10-31-18-11-14(13-23-20(18)26)21(29)28-15-3-2-4-16(28)6-5-15/h7-8,11-13,15-16H,2-6,9-10H2,1H3/t15-,16?/m0/s1. The molecule has 0 radical (unpaired) electrons. The highest BCUT2D eigenvalue weighted by Crippen LogP contribution is 2.39. The maximum Gasteiger partial charge on any atom is 0.350 e. The molecule has 2 fully saturated rings. The van der Waals surface area contributed by atoms with E-state index in [4.69, 9.17) is 4.74 Å². The van der Waals surface area contributed by atoms with Crippen LogP contribution in [0.3, 0.4) is 0 Å². The lowest BCUT2D eigenvalue weighted by atomic mass is 10.0. The Kier molecular flexibility index (Phi) is 4.06. The molecule has 1 amide bonds. The van der Waals surface area contributed by atoms with Gasteiger partial charge in [0.15, 0.2) is 17.2 Å². The third kappa shape index (κ3) is 2.83. The summed E-state index contributed by atoms with van der Waals surface area (Å²) in [6.07, 6.45) is 9.02. The lowest BCUT2D eigenvalue weighted by molar-refractivity contribution is 0.0594. The summed E-state index contributed by atoms with van der Waals surface area (Å²) in [6, 6.07) is 6.30. The summed E-state index contributed by atoms with van der Waals surface area (Å²) in [4.78, 5) is 34.1. The number of ether oxygens (including phenoxy) is 1. The van der Waals surface area contributed by atoms with Crippen LogP contribution in [-0.2, 0) is 7.05 Å². The molecule has 6 heterocycles. The van der Waals surface area contributed by atoms with E-state index in [2.05, 4.69) is 15.0 Å². The fraction of sp³-hybridized carbons (Fsp3) is 0.455. The van der Waals surface area contributed by atoms with Crippen molar-refractivity contribution in [2.75, 3.05) is 18.1 Å². The zero-order valence-corrected chi connectivity index (χ0v) is 17.4. The van der Waals surface area contributed by atoms with Crippen molar-refractivity contribution in [1.29, 1.82) is 0 Å². The van der Waals surface area contributed by atoms with Crippen LogP contribution in [0.15, 0.2) is 35.4 Å². The van der Waals surface area contributed by atoms with E-state index in [0.29, 0.717) is 48.0 Å². The van der Waals surface area contributed by atoms with Crippen molar-refractivity contribution < 1.29 is 9.53 Å². The van der Waals surface area contributed by atoms with Crippen LogP contribution in [0.5, 0.6) is 5.75 Å². The molecule has 3 aromatic heterocycles. The molecule has 31 heavy (non-hydrogen) atoms. The first-order chi connectivity index (χ1) is 15.1. The molecule has 160 valence electrons. The summed E-state index contributed by atoms with van der Waals surface area (Å²) in [5.41, 5.74) is 1.86. The molecule has 3 aliphatic heterocycles. The van der Waals surface area contributed by atoms with Crippen molar-refractivity contribution in [2.45, 2.75) is 44.2 Å². The molecule has 0 spiro atoms. The Hall–Kier alpha value is -3.36. The van der Waals surface area contributed by atoms with Gasteiger partial charge in [-0.2, -0.15) is 5.10 Å². The van der Waals surface area contributed by atoms with E-state index < -0.39 is 0 Å². The van der Waals surface area contributed by atoms with Crippen LogP contribution in [0, 0.1) is 0 Å². The van der Waals surface area contributed by atoms with Crippen LogP contribution in [0.25, 0.3) is 5.65 Å². The lowest BCUT2D eigenvalue weighted by Gasteiger charge is -2.35. The molecule has 9 heteroatoms. The fourth-order valence-electron chi connectivity index (χ4n) is 5.30. The molecule has 0 N–H and O–H groups in total. The second kappa shape index (κ2) is 6.83. The number of hydrogen-bond donors (Lipinski definition) is 0. The van der Waals surface area contributed by atoms with Crippen LogP contribution in [0.4, 0.5) is 11.5 Å². The Balaban J connectivity index is 1.33. The summed E-state index contributed by atoms with van der Waals surface area (Å²) in [6.45, 7) is 1.11. The topological polar surface area (TPSA) is 85.0 Å². The van der Waals surface area contributed by atoms with Gasteiger partial charge in [-0.3, -0.25) is 9.20 Å². The predicted molar refractivity (Wildman–Crippen MR) is 114 cm³/mol. The molecule has 3 aliphatic rings. The molecule has 9 nitrogen and oxygen atoms in total. The molecule has 2 atom stereocenters. The first-order valence-electron chi connectivity index (χ1n) is 10.9. The molecule has 0 saturated carbocycles. The molecule has 6 rings (SSSR count). The van der Waals surface area contributed by atoms with Gasteiger partial charge in [0, 0.05) is 43.3 Å². The van der Waals surface area contributed by atoms with Gasteiger partial charge in [-0.05, 0) is 44.2 Å². The van der Waals surface area contributed by atoms with Crippen LogP contribution in [0.1, 0.15) is 42.5 Å². The highest BCUT2D eigenvalue weighted by molar-refractivity contribution is 5.95. The number of carbonyl (C=O) groups excluding carboxylic acids is 1. The quantitative estimate of drug-likeness (QED) is 0.631. The van der Waals surface area contributed by atoms with E-state index >= 15 is 0 Å². The number of anilines is 2. The molecule has 1 unspecified atom stereocenters. The second-order valence-corrected chi connectivity index (χ2v) is 8.59. The monoisotopic (exact) mass is 420 g/mol. The van der Waals surface area contributed by atoms with Crippen molar-refractivity contribution >= 4 is 23.1 Å². The summed E-state index contributed by atoms with van der Waals surface area (Å²) < 4.78 is 8.71. The normalized spacial score (nSPS) is 22.5. The maximum atomic E-state index is 13.3. The fourth-order valence-corrected chi connectivity index (χ4v) is 5.30. The number of nitrogens with zero attached hydrogens (tertiary/aromatic N) is 6. The number of hydrogen-bond acceptors (Lipinski definition) is 6. The Bertz CT molecular complexity index is 1230. The minimum Gasteiger partial charge on any atom is -0.488 e. The molecule has 3 aromatic rings. The van der Waals surface area contributed by atoms with Crippen LogP contribution in [-0.4, -0.2) is 55.2 Å². The van der Waals surface area contributed by atoms with E-state index in [9.17, 15) is 9.59 Å². The van der Waals surface area contributed by atoms with Crippen LogP contribution >= 0.6 is 0 Å². The molecule has 2 bridgehead atoms. The predicted octanol–water partition coefficient (Wildman–Crippen LogP) is 2.12. The van der Waals surface area contributed by atoms with Gasteiger partial charge in [-0.15, -0.1) is 0 Å². The summed E-state index contributed by atoms with van der Waals surface area (Å²) in [5, 5.41) is 4.27. The number of amides is 1. The van der Waals surface area contributed by atoms with Crippen LogP contribution in [0.2, 0.25) is 0 Å². The molecule has 2 saturated heterocycles. The minimum atomic E-state index is -0.183. The lowest BCUT2D eigenvalue weighted by Crippen LogP contribution is -2.44. The smallest absolute Gasteiger partial charge is 0.350 e. The summed E-state index contributed by atoms with van der Waals surface area (Å²) >= 11 is 0. The van der Waals surface area contributed by atoms with Crippen LogP contribution < -0.4 is 15.3 Å². The maximum absolute atomic E-state index is 13.3. The summed E-state index contributed by atoms with van der Waals surface area (Å²) in [7, 11) is 1.63. The van der Waals surface area contributed by atoms with E-state index in [-0.39, 0.29) is 11.6 Å². The van der Waals surface area contributed by atoms with Gasteiger partial charge in [-0.1, -0.05) is 0 Å². The SMILES string of the molecule is Cn1nc2cc(N3CCOc4cc(C(=O)N5C6CCC[C@H]5CC6)cnc43)ccn2c1=O. The third-order valence-electron chi connectivity index (χ3n) is 6.80. The van der Waals surface area contributed by atoms with E-state index in [1.807, 2.05) is 23.1 Å². The van der Waals surface area contributed by atoms with E-state index in [0.717, 1.165) is 31.4 Å². The van der Waals surface area contributed by atoms with Crippen molar-refractivity contribution in [3.05, 3.63) is 46.6 Å². The van der Waals surface area contributed by atoms with E-state index in [1.165, 1.54) is 15.5 Å². The zero-order chi connectivity index (χ0) is 21.1. The number of aryl methyl sites for hydroxylation is 1. The summed E-state index contributed by atoms with van der Waals surface area (Å²) in [5.74, 6) is 1.35. The first kappa shape index (κ1) is 18.4. The number of fused-ring (bicyclic) bond motifs is 4. The van der Waals surface area contributed by atoms with Crippen molar-refractivity contribution in [3.8, 4) is 5.75 Å². The Morgan fingerprint density at radius 3 is 2.77 bits per heavy atom. The second-order valence-electron chi connectivity index (χ2n) is 8.59. The van der Waals surface area contributed by atoms with Gasteiger partial charge < -0.3 is 14.5 Å². The molecular formula is C22H24N6O3. The average Bonchev–Trinajstić information content (AvgIpc) is 3.22. The molecule has 0 aliphatic carbocycles. The highest BCUT2D eigenvalue weighted by Gasteiger charge is 2.40. The number of piperidine rings is 1. The molecule has 0 aromatic carbocycles. The number of aromatic nitrogens is 4. The third-order valence-corrected chi connectivity index (χ3v) is 6.80. The van der Waals surface area contributed by atoms with Gasteiger partial charge in [0.2, 0.25) is 0 Å². The van der Waals surface area contributed by atoms with E-state index in [1.54, 1.807) is 19.4 Å². The Morgan fingerprint density at radius 1 is 1.16 bits per heavy atom.